The van der Waals surface area contributed by atoms with Crippen LogP contribution in [-0.2, 0) is 6.61 Å². The highest BCUT2D eigenvalue weighted by Gasteiger charge is 2.04. The first-order valence-corrected chi connectivity index (χ1v) is 5.72. The van der Waals surface area contributed by atoms with E-state index in [1.54, 1.807) is 30.6 Å². The average molecular weight is 293 g/mol. The second kappa shape index (κ2) is 5.54. The Hall–Kier alpha value is -1.75. The van der Waals surface area contributed by atoms with Crippen LogP contribution in [-0.4, -0.2) is 16.3 Å². The Bertz CT molecular complexity index is 517. The average Bonchev–Trinajstić information content (AvgIpc) is 2.38. The number of rotatable bonds is 4. The van der Waals surface area contributed by atoms with Crippen molar-refractivity contribution in [3.05, 3.63) is 52.5 Å². The molecule has 1 aromatic carbocycles. The van der Waals surface area contributed by atoms with E-state index in [1.807, 2.05) is 6.07 Å². The molecule has 0 radical (unpaired) electrons. The number of carbonyl (C=O) groups is 1. The van der Waals surface area contributed by atoms with Gasteiger partial charge in [-0.25, -0.2) is 9.97 Å². The van der Waals surface area contributed by atoms with E-state index in [1.165, 1.54) is 0 Å². The van der Waals surface area contributed by atoms with Crippen molar-refractivity contribution in [3.63, 3.8) is 0 Å². The van der Waals surface area contributed by atoms with Gasteiger partial charge in [-0.2, -0.15) is 0 Å². The van der Waals surface area contributed by atoms with E-state index < -0.39 is 0 Å². The summed E-state index contributed by atoms with van der Waals surface area (Å²) < 4.78 is 6.33. The smallest absolute Gasteiger partial charge is 0.166 e. The van der Waals surface area contributed by atoms with Crippen LogP contribution in [0.4, 0.5) is 0 Å². The summed E-state index contributed by atoms with van der Waals surface area (Å²) in [6.45, 7) is 0.239. The second-order valence-corrected chi connectivity index (χ2v) is 4.17. The van der Waals surface area contributed by atoms with Gasteiger partial charge in [0.15, 0.2) is 12.1 Å². The number of hydrogen-bond acceptors (Lipinski definition) is 4. The van der Waals surface area contributed by atoms with E-state index in [0.717, 1.165) is 10.8 Å². The predicted molar refractivity (Wildman–Crippen MR) is 65.9 cm³/mol. The molecular weight excluding hydrogens is 284 g/mol. The molecule has 2 rings (SSSR count). The van der Waals surface area contributed by atoms with E-state index in [-0.39, 0.29) is 6.61 Å². The fourth-order valence-corrected chi connectivity index (χ4v) is 1.67. The Morgan fingerprint density at radius 3 is 2.76 bits per heavy atom. The molecule has 1 aromatic heterocycles. The number of ether oxygens (including phenoxy) is 1. The standard InChI is InChI=1S/C12H9BrN2O2/c13-10-2-3-11(9(6-10)7-16)17-8-12-14-4-1-5-15-12/h1-7H,8H2. The molecule has 0 atom stereocenters. The lowest BCUT2D eigenvalue weighted by molar-refractivity contribution is 0.111. The van der Waals surface area contributed by atoms with Gasteiger partial charge in [-0.15, -0.1) is 0 Å². The van der Waals surface area contributed by atoms with Crippen LogP contribution in [0.5, 0.6) is 5.75 Å². The third-order valence-electron chi connectivity index (χ3n) is 2.07. The van der Waals surface area contributed by atoms with Crippen molar-refractivity contribution in [3.8, 4) is 5.75 Å². The third-order valence-corrected chi connectivity index (χ3v) is 2.57. The zero-order chi connectivity index (χ0) is 12.1. The Kier molecular flexibility index (Phi) is 3.82. The molecule has 0 bridgehead atoms. The third kappa shape index (κ3) is 3.10. The van der Waals surface area contributed by atoms with E-state index in [9.17, 15) is 4.79 Å². The molecule has 0 unspecified atom stereocenters. The van der Waals surface area contributed by atoms with Crippen LogP contribution in [0.3, 0.4) is 0 Å². The summed E-state index contributed by atoms with van der Waals surface area (Å²) in [5, 5.41) is 0. The van der Waals surface area contributed by atoms with E-state index in [0.29, 0.717) is 17.1 Å². The van der Waals surface area contributed by atoms with Crippen LogP contribution in [0, 0.1) is 0 Å². The zero-order valence-corrected chi connectivity index (χ0v) is 10.4. The Morgan fingerprint density at radius 2 is 2.06 bits per heavy atom. The summed E-state index contributed by atoms with van der Waals surface area (Å²) in [5.74, 6) is 1.10. The maximum Gasteiger partial charge on any atom is 0.166 e. The fourth-order valence-electron chi connectivity index (χ4n) is 1.29. The van der Waals surface area contributed by atoms with Crippen LogP contribution in [0.15, 0.2) is 41.1 Å². The molecule has 0 amide bonds. The van der Waals surface area contributed by atoms with Crippen molar-refractivity contribution >= 4 is 22.2 Å². The van der Waals surface area contributed by atoms with Gasteiger partial charge < -0.3 is 4.74 Å². The highest BCUT2D eigenvalue weighted by atomic mass is 79.9. The molecule has 0 aliphatic carbocycles. The highest BCUT2D eigenvalue weighted by Crippen LogP contribution is 2.22. The van der Waals surface area contributed by atoms with Gasteiger partial charge in [0.2, 0.25) is 0 Å². The number of nitrogens with zero attached hydrogens (tertiary/aromatic N) is 2. The summed E-state index contributed by atoms with van der Waals surface area (Å²) in [4.78, 5) is 18.9. The zero-order valence-electron chi connectivity index (χ0n) is 8.84. The number of benzene rings is 1. The normalized spacial score (nSPS) is 9.94. The lowest BCUT2D eigenvalue weighted by Crippen LogP contribution is -2.02. The minimum absolute atomic E-state index is 0.239. The molecular formula is C12H9BrN2O2. The first-order chi connectivity index (χ1) is 8.29. The second-order valence-electron chi connectivity index (χ2n) is 3.25. The van der Waals surface area contributed by atoms with Crippen LogP contribution in [0.2, 0.25) is 0 Å². The number of hydrogen-bond donors (Lipinski definition) is 0. The predicted octanol–water partition coefficient (Wildman–Crippen LogP) is 2.63. The molecule has 0 aliphatic heterocycles. The Morgan fingerprint density at radius 1 is 1.29 bits per heavy atom. The summed E-state index contributed by atoms with van der Waals surface area (Å²) in [5.41, 5.74) is 0.496. The quantitative estimate of drug-likeness (QED) is 0.813. The largest absolute Gasteiger partial charge is 0.485 e. The Labute approximate surface area is 107 Å². The van der Waals surface area contributed by atoms with Crippen LogP contribution in [0.1, 0.15) is 16.2 Å². The molecule has 17 heavy (non-hydrogen) atoms. The van der Waals surface area contributed by atoms with E-state index >= 15 is 0 Å². The lowest BCUT2D eigenvalue weighted by atomic mass is 10.2. The summed E-state index contributed by atoms with van der Waals surface area (Å²) >= 11 is 3.29. The molecule has 0 fully saturated rings. The molecule has 0 saturated carbocycles. The monoisotopic (exact) mass is 292 g/mol. The first-order valence-electron chi connectivity index (χ1n) is 4.93. The molecule has 2 aromatic rings. The van der Waals surface area contributed by atoms with Crippen LogP contribution < -0.4 is 4.74 Å². The Balaban J connectivity index is 2.11. The van der Waals surface area contributed by atoms with Crippen LogP contribution >= 0.6 is 15.9 Å². The maximum atomic E-state index is 10.9. The maximum absolute atomic E-state index is 10.9. The molecule has 86 valence electrons. The SMILES string of the molecule is O=Cc1cc(Br)ccc1OCc1ncccn1. The first kappa shape index (κ1) is 11.7. The van der Waals surface area contributed by atoms with Gasteiger partial charge in [0.1, 0.15) is 12.4 Å². The van der Waals surface area contributed by atoms with Gasteiger partial charge in [0.25, 0.3) is 0 Å². The van der Waals surface area contributed by atoms with Crippen molar-refractivity contribution in [2.45, 2.75) is 6.61 Å². The highest BCUT2D eigenvalue weighted by molar-refractivity contribution is 9.10. The van der Waals surface area contributed by atoms with Crippen molar-refractivity contribution < 1.29 is 9.53 Å². The van der Waals surface area contributed by atoms with Crippen molar-refractivity contribution in [1.82, 2.24) is 9.97 Å². The van der Waals surface area contributed by atoms with Crippen molar-refractivity contribution in [1.29, 1.82) is 0 Å². The van der Waals surface area contributed by atoms with Gasteiger partial charge >= 0.3 is 0 Å². The molecule has 0 aliphatic rings. The van der Waals surface area contributed by atoms with Gasteiger partial charge in [0.05, 0.1) is 5.56 Å². The molecule has 0 N–H and O–H groups in total. The summed E-state index contributed by atoms with van der Waals surface area (Å²) in [6, 6.07) is 6.99. The number of carbonyl (C=O) groups excluding carboxylic acids is 1. The molecule has 5 heteroatoms. The van der Waals surface area contributed by atoms with Gasteiger partial charge in [-0.05, 0) is 24.3 Å². The number of aldehydes is 1. The van der Waals surface area contributed by atoms with Crippen molar-refractivity contribution in [2.24, 2.45) is 0 Å². The lowest BCUT2D eigenvalue weighted by Gasteiger charge is -2.07. The number of aromatic nitrogens is 2. The van der Waals surface area contributed by atoms with Gasteiger partial charge in [-0.1, -0.05) is 15.9 Å². The molecule has 4 nitrogen and oxygen atoms in total. The minimum Gasteiger partial charge on any atom is -0.485 e. The van der Waals surface area contributed by atoms with E-state index in [2.05, 4.69) is 25.9 Å². The summed E-state index contributed by atoms with van der Waals surface area (Å²) in [6.07, 6.45) is 4.05. The number of halogens is 1. The van der Waals surface area contributed by atoms with Gasteiger partial charge in [-0.3, -0.25) is 4.79 Å². The van der Waals surface area contributed by atoms with Gasteiger partial charge in [0, 0.05) is 16.9 Å². The van der Waals surface area contributed by atoms with E-state index in [4.69, 9.17) is 4.74 Å². The van der Waals surface area contributed by atoms with Crippen LogP contribution in [0.25, 0.3) is 0 Å². The molecule has 0 saturated heterocycles. The molecule has 0 spiro atoms. The summed E-state index contributed by atoms with van der Waals surface area (Å²) in [7, 11) is 0. The molecule has 1 heterocycles. The minimum atomic E-state index is 0.239. The van der Waals surface area contributed by atoms with Crippen molar-refractivity contribution in [2.75, 3.05) is 0 Å². The fraction of sp³-hybridized carbons (Fsp3) is 0.0833. The topological polar surface area (TPSA) is 52.1 Å².